The number of anilines is 1. The van der Waals surface area contributed by atoms with Crippen molar-refractivity contribution in [2.24, 2.45) is 0 Å². The normalized spacial score (nSPS) is 18.5. The van der Waals surface area contributed by atoms with E-state index >= 15 is 0 Å². The SMILES string of the molecule is CCCN(CCC)CC1CCNc2ccccc21. The van der Waals surface area contributed by atoms with Gasteiger partial charge in [0.15, 0.2) is 0 Å². The molecule has 0 saturated heterocycles. The van der Waals surface area contributed by atoms with Crippen molar-refractivity contribution in [3.8, 4) is 0 Å². The molecule has 100 valence electrons. The molecule has 1 N–H and O–H groups in total. The molecule has 1 heterocycles. The zero-order valence-electron chi connectivity index (χ0n) is 11.8. The second kappa shape index (κ2) is 6.79. The van der Waals surface area contributed by atoms with Crippen LogP contribution in [0.4, 0.5) is 5.69 Å². The van der Waals surface area contributed by atoms with Gasteiger partial charge in [0.1, 0.15) is 0 Å². The van der Waals surface area contributed by atoms with Gasteiger partial charge in [-0.15, -0.1) is 0 Å². The van der Waals surface area contributed by atoms with Gasteiger partial charge in [-0.05, 0) is 44.0 Å². The number of rotatable bonds is 6. The maximum atomic E-state index is 3.51. The molecule has 2 heteroatoms. The lowest BCUT2D eigenvalue weighted by atomic mass is 9.90. The third-order valence-electron chi connectivity index (χ3n) is 3.77. The van der Waals surface area contributed by atoms with Gasteiger partial charge in [0.25, 0.3) is 0 Å². The molecule has 0 fully saturated rings. The molecule has 0 radical (unpaired) electrons. The van der Waals surface area contributed by atoms with E-state index in [0.29, 0.717) is 5.92 Å². The zero-order valence-corrected chi connectivity index (χ0v) is 11.8. The van der Waals surface area contributed by atoms with E-state index in [1.165, 1.54) is 50.1 Å². The first-order chi connectivity index (χ1) is 8.85. The first-order valence-corrected chi connectivity index (χ1v) is 7.40. The first kappa shape index (κ1) is 13.4. The lowest BCUT2D eigenvalue weighted by Crippen LogP contribution is -2.32. The van der Waals surface area contributed by atoms with Crippen molar-refractivity contribution in [1.29, 1.82) is 0 Å². The van der Waals surface area contributed by atoms with Gasteiger partial charge >= 0.3 is 0 Å². The summed E-state index contributed by atoms with van der Waals surface area (Å²) in [7, 11) is 0. The van der Waals surface area contributed by atoms with Gasteiger partial charge in [0.05, 0.1) is 0 Å². The van der Waals surface area contributed by atoms with Gasteiger partial charge in [-0.3, -0.25) is 0 Å². The Morgan fingerprint density at radius 3 is 2.61 bits per heavy atom. The van der Waals surface area contributed by atoms with Crippen molar-refractivity contribution >= 4 is 5.69 Å². The highest BCUT2D eigenvalue weighted by molar-refractivity contribution is 5.54. The maximum Gasteiger partial charge on any atom is 0.0376 e. The van der Waals surface area contributed by atoms with Gasteiger partial charge < -0.3 is 10.2 Å². The smallest absolute Gasteiger partial charge is 0.0376 e. The molecule has 1 atom stereocenters. The summed E-state index contributed by atoms with van der Waals surface area (Å²) in [5.74, 6) is 0.709. The standard InChI is InChI=1S/C16H26N2/c1-3-11-18(12-4-2)13-14-9-10-17-16-8-6-5-7-15(14)16/h5-8,14,17H,3-4,9-13H2,1-2H3. The number of hydrogen-bond donors (Lipinski definition) is 1. The Morgan fingerprint density at radius 1 is 1.17 bits per heavy atom. The highest BCUT2D eigenvalue weighted by Crippen LogP contribution is 2.31. The van der Waals surface area contributed by atoms with Gasteiger partial charge in [-0.1, -0.05) is 32.0 Å². The summed E-state index contributed by atoms with van der Waals surface area (Å²) < 4.78 is 0. The van der Waals surface area contributed by atoms with Crippen LogP contribution in [0.3, 0.4) is 0 Å². The average Bonchev–Trinajstić information content (AvgIpc) is 2.40. The first-order valence-electron chi connectivity index (χ1n) is 7.40. The summed E-state index contributed by atoms with van der Waals surface area (Å²) in [6.45, 7) is 9.37. The summed E-state index contributed by atoms with van der Waals surface area (Å²) in [5.41, 5.74) is 2.86. The molecule has 2 rings (SSSR count). The summed E-state index contributed by atoms with van der Waals surface area (Å²) in [6, 6.07) is 8.81. The molecular formula is C16H26N2. The van der Waals surface area contributed by atoms with Crippen LogP contribution in [0.5, 0.6) is 0 Å². The van der Waals surface area contributed by atoms with E-state index in [1.807, 2.05) is 0 Å². The molecule has 1 aromatic rings. The minimum atomic E-state index is 0.709. The van der Waals surface area contributed by atoms with E-state index in [-0.39, 0.29) is 0 Å². The zero-order chi connectivity index (χ0) is 12.8. The van der Waals surface area contributed by atoms with Gasteiger partial charge in [-0.2, -0.15) is 0 Å². The molecule has 1 aliphatic rings. The fraction of sp³-hybridized carbons (Fsp3) is 0.625. The molecule has 0 amide bonds. The second-order valence-electron chi connectivity index (χ2n) is 5.30. The van der Waals surface area contributed by atoms with E-state index in [4.69, 9.17) is 0 Å². The van der Waals surface area contributed by atoms with Gasteiger partial charge in [0, 0.05) is 24.7 Å². The summed E-state index contributed by atoms with van der Waals surface area (Å²) >= 11 is 0. The Labute approximate surface area is 111 Å². The van der Waals surface area contributed by atoms with Crippen LogP contribution in [0.25, 0.3) is 0 Å². The number of fused-ring (bicyclic) bond motifs is 1. The Morgan fingerprint density at radius 2 is 1.89 bits per heavy atom. The number of benzene rings is 1. The van der Waals surface area contributed by atoms with Crippen molar-refractivity contribution in [2.75, 3.05) is 31.5 Å². The Kier molecular flexibility index (Phi) is 5.06. The largest absolute Gasteiger partial charge is 0.385 e. The Balaban J connectivity index is 2.05. The van der Waals surface area contributed by atoms with Crippen LogP contribution in [0.2, 0.25) is 0 Å². The minimum absolute atomic E-state index is 0.709. The molecule has 1 aliphatic heterocycles. The predicted octanol–water partition coefficient (Wildman–Crippen LogP) is 3.71. The maximum absolute atomic E-state index is 3.51. The highest BCUT2D eigenvalue weighted by Gasteiger charge is 2.21. The molecule has 0 saturated carbocycles. The molecule has 1 aromatic carbocycles. The van der Waals surface area contributed by atoms with E-state index in [1.54, 1.807) is 0 Å². The number of nitrogens with one attached hydrogen (secondary N) is 1. The van der Waals surface area contributed by atoms with Gasteiger partial charge in [0.2, 0.25) is 0 Å². The minimum Gasteiger partial charge on any atom is -0.385 e. The Bertz CT molecular complexity index is 356. The second-order valence-corrected chi connectivity index (χ2v) is 5.30. The van der Waals surface area contributed by atoms with Crippen LogP contribution in [0.15, 0.2) is 24.3 Å². The van der Waals surface area contributed by atoms with Crippen LogP contribution in [0, 0.1) is 0 Å². The summed E-state index contributed by atoms with van der Waals surface area (Å²) in [5, 5.41) is 3.51. The lowest BCUT2D eigenvalue weighted by molar-refractivity contribution is 0.253. The van der Waals surface area contributed by atoms with E-state index in [9.17, 15) is 0 Å². The molecule has 2 nitrogen and oxygen atoms in total. The van der Waals surface area contributed by atoms with Crippen LogP contribution < -0.4 is 5.32 Å². The van der Waals surface area contributed by atoms with E-state index < -0.39 is 0 Å². The van der Waals surface area contributed by atoms with Crippen LogP contribution in [-0.2, 0) is 0 Å². The molecule has 0 bridgehead atoms. The summed E-state index contributed by atoms with van der Waals surface area (Å²) in [4.78, 5) is 2.63. The molecular weight excluding hydrogens is 220 g/mol. The third-order valence-corrected chi connectivity index (χ3v) is 3.77. The predicted molar refractivity (Wildman–Crippen MR) is 79.3 cm³/mol. The third kappa shape index (κ3) is 3.26. The van der Waals surface area contributed by atoms with E-state index in [2.05, 4.69) is 48.3 Å². The monoisotopic (exact) mass is 246 g/mol. The van der Waals surface area contributed by atoms with Crippen LogP contribution in [0.1, 0.15) is 44.6 Å². The number of hydrogen-bond acceptors (Lipinski definition) is 2. The molecule has 0 aliphatic carbocycles. The average molecular weight is 246 g/mol. The van der Waals surface area contributed by atoms with Crippen LogP contribution >= 0.6 is 0 Å². The molecule has 18 heavy (non-hydrogen) atoms. The van der Waals surface area contributed by atoms with Crippen molar-refractivity contribution < 1.29 is 0 Å². The Hall–Kier alpha value is -1.02. The van der Waals surface area contributed by atoms with Crippen molar-refractivity contribution in [3.63, 3.8) is 0 Å². The lowest BCUT2D eigenvalue weighted by Gasteiger charge is -2.31. The van der Waals surface area contributed by atoms with Crippen molar-refractivity contribution in [3.05, 3.63) is 29.8 Å². The highest BCUT2D eigenvalue weighted by atomic mass is 15.1. The number of nitrogens with zero attached hydrogens (tertiary/aromatic N) is 1. The fourth-order valence-electron chi connectivity index (χ4n) is 2.98. The van der Waals surface area contributed by atoms with Crippen molar-refractivity contribution in [1.82, 2.24) is 4.90 Å². The molecule has 1 unspecified atom stereocenters. The van der Waals surface area contributed by atoms with E-state index in [0.717, 1.165) is 6.54 Å². The summed E-state index contributed by atoms with van der Waals surface area (Å²) in [6.07, 6.45) is 3.78. The van der Waals surface area contributed by atoms with Crippen molar-refractivity contribution in [2.45, 2.75) is 39.0 Å². The topological polar surface area (TPSA) is 15.3 Å². The fourth-order valence-corrected chi connectivity index (χ4v) is 2.98. The molecule has 0 spiro atoms. The number of para-hydroxylation sites is 1. The van der Waals surface area contributed by atoms with Crippen LogP contribution in [-0.4, -0.2) is 31.1 Å². The quantitative estimate of drug-likeness (QED) is 0.823. The van der Waals surface area contributed by atoms with Gasteiger partial charge in [-0.25, -0.2) is 0 Å². The molecule has 0 aromatic heterocycles.